The number of carbonyl (C=O) groups excluding carboxylic acids is 1. The van der Waals surface area contributed by atoms with E-state index in [0.717, 1.165) is 25.3 Å². The van der Waals surface area contributed by atoms with Crippen molar-refractivity contribution in [3.8, 4) is 0 Å². The summed E-state index contributed by atoms with van der Waals surface area (Å²) in [5.74, 6) is -0.725. The smallest absolute Gasteiger partial charge is 0.265 e. The molecule has 0 spiro atoms. The molecule has 0 aromatic heterocycles. The first-order valence-electron chi connectivity index (χ1n) is 7.83. The fourth-order valence-electron chi connectivity index (χ4n) is 2.85. The average molecular weight is 390 g/mol. The molecule has 0 saturated heterocycles. The van der Waals surface area contributed by atoms with Gasteiger partial charge in [0.15, 0.2) is 0 Å². The average Bonchev–Trinajstić information content (AvgIpc) is 2.62. The van der Waals surface area contributed by atoms with Crippen molar-refractivity contribution in [3.05, 3.63) is 24.3 Å². The summed E-state index contributed by atoms with van der Waals surface area (Å²) in [6.45, 7) is 0. The summed E-state index contributed by atoms with van der Waals surface area (Å²) in [7, 11) is -5.41. The van der Waals surface area contributed by atoms with Crippen molar-refractivity contribution in [3.63, 3.8) is 0 Å². The van der Waals surface area contributed by atoms with E-state index in [2.05, 4.69) is 4.72 Å². The highest BCUT2D eigenvalue weighted by Gasteiger charge is 2.41. The van der Waals surface area contributed by atoms with Gasteiger partial charge in [-0.2, -0.15) is 0 Å². The molecule has 0 unspecified atom stereocenters. The van der Waals surface area contributed by atoms with Crippen LogP contribution in [0, 0.1) is 0 Å². The van der Waals surface area contributed by atoms with Crippen molar-refractivity contribution in [1.29, 1.82) is 0 Å². The third kappa shape index (κ3) is 4.20. The number of hydrogen-bond acceptors (Lipinski definition) is 6. The number of ether oxygens (including phenoxy) is 1. The molecule has 2 N–H and O–H groups in total. The van der Waals surface area contributed by atoms with Crippen LogP contribution in [-0.4, -0.2) is 42.5 Å². The van der Waals surface area contributed by atoms with Crippen LogP contribution >= 0.6 is 0 Å². The van der Waals surface area contributed by atoms with Crippen molar-refractivity contribution >= 4 is 26.0 Å². The first-order valence-corrected chi connectivity index (χ1v) is 10.8. The van der Waals surface area contributed by atoms with Gasteiger partial charge in [0.05, 0.1) is 9.79 Å². The van der Waals surface area contributed by atoms with Crippen LogP contribution in [0.15, 0.2) is 34.1 Å². The predicted octanol–water partition coefficient (Wildman–Crippen LogP) is 0.749. The summed E-state index contributed by atoms with van der Waals surface area (Å²) in [4.78, 5) is 12.0. The van der Waals surface area contributed by atoms with Gasteiger partial charge in [0, 0.05) is 7.11 Å². The molecule has 0 heterocycles. The molecule has 0 bridgehead atoms. The van der Waals surface area contributed by atoms with Gasteiger partial charge in [-0.25, -0.2) is 26.3 Å². The van der Waals surface area contributed by atoms with E-state index in [4.69, 9.17) is 4.74 Å². The lowest BCUT2D eigenvalue weighted by atomic mass is 9.84. The molecular formula is C15H22N2O6S2. The molecule has 1 aromatic rings. The van der Waals surface area contributed by atoms with Crippen LogP contribution in [0.1, 0.15) is 32.1 Å². The topological polar surface area (TPSA) is 119 Å². The van der Waals surface area contributed by atoms with E-state index in [1.807, 2.05) is 4.72 Å². The second-order valence-corrected chi connectivity index (χ2v) is 9.45. The molecule has 1 aliphatic rings. The summed E-state index contributed by atoms with van der Waals surface area (Å²) in [5, 5.41) is 0. The molecular weight excluding hydrogens is 368 g/mol. The number of amides is 1. The molecule has 1 aliphatic carbocycles. The van der Waals surface area contributed by atoms with E-state index in [-0.39, 0.29) is 9.79 Å². The summed E-state index contributed by atoms with van der Waals surface area (Å²) in [5.41, 5.74) is -1.17. The molecule has 10 heteroatoms. The minimum absolute atomic E-state index is 0.204. The second-order valence-electron chi connectivity index (χ2n) is 5.88. The van der Waals surface area contributed by atoms with Crippen molar-refractivity contribution in [2.24, 2.45) is 0 Å². The lowest BCUT2D eigenvalue weighted by Gasteiger charge is -2.34. The SMILES string of the molecule is CNS(=O)(=O)c1cccc(S(=O)(=O)NC(=O)C2(OC)CCCCC2)c1. The van der Waals surface area contributed by atoms with Gasteiger partial charge >= 0.3 is 0 Å². The van der Waals surface area contributed by atoms with Gasteiger partial charge in [0.25, 0.3) is 15.9 Å². The Morgan fingerprint density at radius 2 is 1.60 bits per heavy atom. The van der Waals surface area contributed by atoms with Crippen molar-refractivity contribution in [2.45, 2.75) is 47.5 Å². The van der Waals surface area contributed by atoms with E-state index in [0.29, 0.717) is 12.8 Å². The quantitative estimate of drug-likeness (QED) is 0.740. The van der Waals surface area contributed by atoms with Crippen molar-refractivity contribution in [2.75, 3.05) is 14.2 Å². The van der Waals surface area contributed by atoms with E-state index in [9.17, 15) is 21.6 Å². The monoisotopic (exact) mass is 390 g/mol. The molecule has 1 fully saturated rings. The first-order chi connectivity index (χ1) is 11.7. The van der Waals surface area contributed by atoms with Gasteiger partial charge in [-0.1, -0.05) is 25.3 Å². The Balaban J connectivity index is 2.30. The van der Waals surface area contributed by atoms with Crippen LogP contribution in [0.2, 0.25) is 0 Å². The maximum Gasteiger partial charge on any atom is 0.265 e. The molecule has 1 aromatic carbocycles. The summed E-state index contributed by atoms with van der Waals surface area (Å²) < 4.78 is 58.2. The van der Waals surface area contributed by atoms with Gasteiger partial charge in [-0.3, -0.25) is 4.79 Å². The summed E-state index contributed by atoms with van der Waals surface area (Å²) in [6, 6.07) is 4.80. The van der Waals surface area contributed by atoms with Gasteiger partial charge in [0.1, 0.15) is 5.60 Å². The molecule has 0 aliphatic heterocycles. The van der Waals surface area contributed by atoms with E-state index >= 15 is 0 Å². The van der Waals surface area contributed by atoms with E-state index in [1.165, 1.54) is 32.4 Å². The molecule has 1 saturated carbocycles. The highest BCUT2D eigenvalue weighted by Crippen LogP contribution is 2.31. The minimum atomic E-state index is -4.22. The van der Waals surface area contributed by atoms with Crippen LogP contribution in [0.4, 0.5) is 0 Å². The third-order valence-electron chi connectivity index (χ3n) is 4.39. The van der Waals surface area contributed by atoms with Crippen LogP contribution in [0.3, 0.4) is 0 Å². The zero-order valence-electron chi connectivity index (χ0n) is 14.1. The molecule has 140 valence electrons. The Hall–Kier alpha value is -1.49. The number of benzene rings is 1. The van der Waals surface area contributed by atoms with Gasteiger partial charge in [0.2, 0.25) is 10.0 Å². The second kappa shape index (κ2) is 7.40. The maximum atomic E-state index is 12.5. The number of hydrogen-bond donors (Lipinski definition) is 2. The first kappa shape index (κ1) is 19.8. The summed E-state index contributed by atoms with van der Waals surface area (Å²) >= 11 is 0. The zero-order chi connectivity index (χ0) is 18.7. The number of methoxy groups -OCH3 is 1. The molecule has 8 nitrogen and oxygen atoms in total. The lowest BCUT2D eigenvalue weighted by molar-refractivity contribution is -0.145. The lowest BCUT2D eigenvalue weighted by Crippen LogP contribution is -2.51. The fourth-order valence-corrected chi connectivity index (χ4v) is 4.79. The van der Waals surface area contributed by atoms with Gasteiger partial charge < -0.3 is 4.74 Å². The Kier molecular flexibility index (Phi) is 5.87. The standard InChI is InChI=1S/C15H22N2O6S2/c1-16-24(19,20)12-7-6-8-13(11-12)25(21,22)17-14(18)15(23-2)9-4-3-5-10-15/h6-8,11,16H,3-5,9-10H2,1-2H3,(H,17,18). The van der Waals surface area contributed by atoms with Crippen LogP contribution < -0.4 is 9.44 Å². The Morgan fingerprint density at radius 1 is 1.04 bits per heavy atom. The molecule has 1 amide bonds. The van der Waals surface area contributed by atoms with Crippen LogP contribution in [0.25, 0.3) is 0 Å². The van der Waals surface area contributed by atoms with Crippen LogP contribution in [0.5, 0.6) is 0 Å². The fraction of sp³-hybridized carbons (Fsp3) is 0.533. The molecule has 0 radical (unpaired) electrons. The van der Waals surface area contributed by atoms with Gasteiger partial charge in [-0.15, -0.1) is 0 Å². The van der Waals surface area contributed by atoms with Crippen molar-refractivity contribution in [1.82, 2.24) is 9.44 Å². The molecule has 25 heavy (non-hydrogen) atoms. The minimum Gasteiger partial charge on any atom is -0.368 e. The maximum absolute atomic E-state index is 12.5. The number of sulfonamides is 2. The Morgan fingerprint density at radius 3 is 2.12 bits per heavy atom. The normalized spacial score (nSPS) is 17.8. The number of rotatable bonds is 6. The highest BCUT2D eigenvalue weighted by atomic mass is 32.2. The highest BCUT2D eigenvalue weighted by molar-refractivity contribution is 7.90. The Labute approximate surface area is 148 Å². The summed E-state index contributed by atoms with van der Waals surface area (Å²) in [6.07, 6.45) is 3.40. The number of carbonyl (C=O) groups is 1. The third-order valence-corrected chi connectivity index (χ3v) is 7.13. The van der Waals surface area contributed by atoms with E-state index in [1.54, 1.807) is 0 Å². The van der Waals surface area contributed by atoms with E-state index < -0.39 is 31.6 Å². The van der Waals surface area contributed by atoms with Crippen LogP contribution in [-0.2, 0) is 29.6 Å². The number of nitrogens with one attached hydrogen (secondary N) is 2. The predicted molar refractivity (Wildman–Crippen MR) is 90.8 cm³/mol. The van der Waals surface area contributed by atoms with Gasteiger partial charge in [-0.05, 0) is 38.1 Å². The molecule has 2 rings (SSSR count). The zero-order valence-corrected chi connectivity index (χ0v) is 15.7. The Bertz CT molecular complexity index is 843. The molecule has 0 atom stereocenters. The largest absolute Gasteiger partial charge is 0.368 e. The van der Waals surface area contributed by atoms with Crippen molar-refractivity contribution < 1.29 is 26.4 Å².